The van der Waals surface area contributed by atoms with E-state index in [-0.39, 0.29) is 5.56 Å². The second-order valence-corrected chi connectivity index (χ2v) is 5.83. The third-order valence-corrected chi connectivity index (χ3v) is 4.22. The number of hydrogen-bond acceptors (Lipinski definition) is 6. The molecule has 122 valence electrons. The highest BCUT2D eigenvalue weighted by Crippen LogP contribution is 2.11. The van der Waals surface area contributed by atoms with Gasteiger partial charge in [0.05, 0.1) is 5.69 Å². The van der Waals surface area contributed by atoms with Crippen molar-refractivity contribution in [3.63, 3.8) is 0 Å². The summed E-state index contributed by atoms with van der Waals surface area (Å²) in [5.41, 5.74) is 1.47. The first-order chi connectivity index (χ1) is 11.8. The summed E-state index contributed by atoms with van der Waals surface area (Å²) in [6, 6.07) is 9.03. The maximum Gasteiger partial charge on any atom is 0.258 e. The minimum Gasteiger partial charge on any atom is -0.338 e. The average molecular weight is 322 g/mol. The normalized spacial score (nSPS) is 15.8. The number of anilines is 1. The van der Waals surface area contributed by atoms with Crippen LogP contribution < -0.4 is 10.5 Å². The summed E-state index contributed by atoms with van der Waals surface area (Å²) < 4.78 is 1.56. The van der Waals surface area contributed by atoms with Crippen LogP contribution in [0.2, 0.25) is 0 Å². The molecule has 0 aliphatic carbocycles. The standard InChI is InChI=1S/C17H18N6O/c24-16-12-14(20-15-4-1-2-7-23(15)16)13-21-8-10-22(11-9-21)17-18-5-3-6-19-17/h1-7,12H,8-11,13H2. The molecule has 4 rings (SSSR count). The van der Waals surface area contributed by atoms with Gasteiger partial charge in [-0.1, -0.05) is 6.07 Å². The SMILES string of the molecule is O=c1cc(CN2CCN(c3ncccn3)CC2)nc2ccccn12. The molecule has 4 heterocycles. The summed E-state index contributed by atoms with van der Waals surface area (Å²) in [5.74, 6) is 0.777. The van der Waals surface area contributed by atoms with E-state index in [0.717, 1.165) is 37.8 Å². The highest BCUT2D eigenvalue weighted by molar-refractivity contribution is 5.38. The quantitative estimate of drug-likeness (QED) is 0.711. The number of aromatic nitrogens is 4. The van der Waals surface area contributed by atoms with E-state index in [9.17, 15) is 4.79 Å². The molecule has 1 aliphatic heterocycles. The molecule has 0 aromatic carbocycles. The number of hydrogen-bond donors (Lipinski definition) is 0. The molecule has 7 nitrogen and oxygen atoms in total. The van der Waals surface area contributed by atoms with Gasteiger partial charge in [0.2, 0.25) is 5.95 Å². The zero-order chi connectivity index (χ0) is 16.4. The molecule has 0 amide bonds. The smallest absolute Gasteiger partial charge is 0.258 e. The summed E-state index contributed by atoms with van der Waals surface area (Å²) in [5, 5.41) is 0. The van der Waals surface area contributed by atoms with Crippen molar-refractivity contribution in [1.82, 2.24) is 24.3 Å². The van der Waals surface area contributed by atoms with E-state index in [1.165, 1.54) is 0 Å². The van der Waals surface area contributed by atoms with Gasteiger partial charge >= 0.3 is 0 Å². The summed E-state index contributed by atoms with van der Waals surface area (Å²) in [4.78, 5) is 29.8. The molecule has 1 fully saturated rings. The second-order valence-electron chi connectivity index (χ2n) is 5.83. The number of piperazine rings is 1. The van der Waals surface area contributed by atoms with Crippen LogP contribution in [0.15, 0.2) is 53.7 Å². The van der Waals surface area contributed by atoms with Gasteiger partial charge in [0.1, 0.15) is 5.65 Å². The minimum absolute atomic E-state index is 0.0353. The summed E-state index contributed by atoms with van der Waals surface area (Å²) >= 11 is 0. The Kier molecular flexibility index (Phi) is 3.92. The predicted octanol–water partition coefficient (Wildman–Crippen LogP) is 0.807. The molecule has 3 aromatic heterocycles. The topological polar surface area (TPSA) is 66.6 Å². The molecular weight excluding hydrogens is 304 g/mol. The fourth-order valence-corrected chi connectivity index (χ4v) is 2.97. The molecule has 24 heavy (non-hydrogen) atoms. The van der Waals surface area contributed by atoms with Crippen LogP contribution in [0.25, 0.3) is 5.65 Å². The van der Waals surface area contributed by atoms with Crippen LogP contribution >= 0.6 is 0 Å². The van der Waals surface area contributed by atoms with Crippen molar-refractivity contribution >= 4 is 11.6 Å². The van der Waals surface area contributed by atoms with E-state index in [4.69, 9.17) is 0 Å². The molecule has 7 heteroatoms. The van der Waals surface area contributed by atoms with E-state index in [0.29, 0.717) is 12.2 Å². The van der Waals surface area contributed by atoms with Gasteiger partial charge < -0.3 is 4.90 Å². The van der Waals surface area contributed by atoms with Crippen molar-refractivity contribution < 1.29 is 0 Å². The maximum atomic E-state index is 12.2. The number of nitrogens with zero attached hydrogens (tertiary/aromatic N) is 6. The molecule has 0 unspecified atom stereocenters. The van der Waals surface area contributed by atoms with Gasteiger partial charge in [-0.3, -0.25) is 14.1 Å². The Morgan fingerprint density at radius 3 is 2.58 bits per heavy atom. The predicted molar refractivity (Wildman–Crippen MR) is 91.0 cm³/mol. The first-order valence-corrected chi connectivity index (χ1v) is 8.01. The minimum atomic E-state index is -0.0353. The van der Waals surface area contributed by atoms with Crippen molar-refractivity contribution in [2.24, 2.45) is 0 Å². The fourth-order valence-electron chi connectivity index (χ4n) is 2.97. The molecule has 0 saturated carbocycles. The van der Waals surface area contributed by atoms with E-state index >= 15 is 0 Å². The van der Waals surface area contributed by atoms with Gasteiger partial charge in [-0.05, 0) is 18.2 Å². The first kappa shape index (κ1) is 14.8. The Bertz CT molecular complexity index is 886. The fraction of sp³-hybridized carbons (Fsp3) is 0.294. The van der Waals surface area contributed by atoms with Gasteiger partial charge in [-0.15, -0.1) is 0 Å². The summed E-state index contributed by atoms with van der Waals surface area (Å²) in [6.45, 7) is 4.22. The lowest BCUT2D eigenvalue weighted by Gasteiger charge is -2.34. The maximum absolute atomic E-state index is 12.2. The highest BCUT2D eigenvalue weighted by Gasteiger charge is 2.19. The van der Waals surface area contributed by atoms with Gasteiger partial charge in [0, 0.05) is 57.4 Å². The second kappa shape index (κ2) is 6.37. The lowest BCUT2D eigenvalue weighted by atomic mass is 10.3. The average Bonchev–Trinajstić information content (AvgIpc) is 2.63. The Balaban J connectivity index is 1.45. The molecule has 0 radical (unpaired) electrons. The van der Waals surface area contributed by atoms with E-state index in [1.54, 1.807) is 29.1 Å². The number of rotatable bonds is 3. The van der Waals surface area contributed by atoms with Crippen LogP contribution in [-0.4, -0.2) is 50.4 Å². The van der Waals surface area contributed by atoms with E-state index in [2.05, 4.69) is 24.8 Å². The van der Waals surface area contributed by atoms with Crippen LogP contribution in [0.5, 0.6) is 0 Å². The van der Waals surface area contributed by atoms with Crippen molar-refractivity contribution in [1.29, 1.82) is 0 Å². The molecule has 0 bridgehead atoms. The van der Waals surface area contributed by atoms with Crippen LogP contribution in [0, 0.1) is 0 Å². The third-order valence-electron chi connectivity index (χ3n) is 4.22. The summed E-state index contributed by atoms with van der Waals surface area (Å²) in [7, 11) is 0. The number of fused-ring (bicyclic) bond motifs is 1. The molecule has 3 aromatic rings. The Morgan fingerprint density at radius 1 is 1.00 bits per heavy atom. The largest absolute Gasteiger partial charge is 0.338 e. The Morgan fingerprint density at radius 2 is 1.79 bits per heavy atom. The molecule has 1 aliphatic rings. The zero-order valence-corrected chi connectivity index (χ0v) is 13.2. The molecule has 0 atom stereocenters. The van der Waals surface area contributed by atoms with Gasteiger partial charge in [-0.2, -0.15) is 0 Å². The van der Waals surface area contributed by atoms with Crippen LogP contribution in [0.3, 0.4) is 0 Å². The summed E-state index contributed by atoms with van der Waals surface area (Å²) in [6.07, 6.45) is 5.27. The van der Waals surface area contributed by atoms with Gasteiger partial charge in [0.25, 0.3) is 5.56 Å². The molecule has 0 N–H and O–H groups in total. The van der Waals surface area contributed by atoms with E-state index < -0.39 is 0 Å². The highest BCUT2D eigenvalue weighted by atomic mass is 16.1. The van der Waals surface area contributed by atoms with Crippen LogP contribution in [-0.2, 0) is 6.54 Å². The van der Waals surface area contributed by atoms with Crippen molar-refractivity contribution in [3.8, 4) is 0 Å². The van der Waals surface area contributed by atoms with E-state index in [1.807, 2.05) is 24.3 Å². The van der Waals surface area contributed by atoms with Gasteiger partial charge in [-0.25, -0.2) is 15.0 Å². The van der Waals surface area contributed by atoms with Crippen molar-refractivity contribution in [2.75, 3.05) is 31.1 Å². The van der Waals surface area contributed by atoms with Crippen LogP contribution in [0.1, 0.15) is 5.69 Å². The van der Waals surface area contributed by atoms with Crippen molar-refractivity contribution in [2.45, 2.75) is 6.54 Å². The Hall–Kier alpha value is -2.80. The van der Waals surface area contributed by atoms with Gasteiger partial charge in [0.15, 0.2) is 0 Å². The third kappa shape index (κ3) is 2.98. The lowest BCUT2D eigenvalue weighted by Crippen LogP contribution is -2.46. The number of pyridine rings is 1. The van der Waals surface area contributed by atoms with Crippen molar-refractivity contribution in [3.05, 3.63) is 65.0 Å². The molecule has 1 saturated heterocycles. The van der Waals surface area contributed by atoms with Crippen LogP contribution in [0.4, 0.5) is 5.95 Å². The Labute approximate surface area is 139 Å². The monoisotopic (exact) mass is 322 g/mol. The molecule has 0 spiro atoms. The zero-order valence-electron chi connectivity index (χ0n) is 13.2. The lowest BCUT2D eigenvalue weighted by molar-refractivity contribution is 0.246. The first-order valence-electron chi connectivity index (χ1n) is 8.01. The molecular formula is C17H18N6O.